The van der Waals surface area contributed by atoms with E-state index in [-0.39, 0.29) is 30.1 Å². The van der Waals surface area contributed by atoms with E-state index in [4.69, 9.17) is 4.42 Å². The molecule has 35 heavy (non-hydrogen) atoms. The van der Waals surface area contributed by atoms with E-state index in [0.29, 0.717) is 22.2 Å². The highest BCUT2D eigenvalue weighted by atomic mass is 19.1. The van der Waals surface area contributed by atoms with E-state index in [0.717, 1.165) is 10.7 Å². The lowest BCUT2D eigenvalue weighted by Gasteiger charge is -2.10. The third kappa shape index (κ3) is 4.49. The maximum atomic E-state index is 14.2. The number of benzene rings is 2. The molecule has 5 rings (SSSR count). The van der Waals surface area contributed by atoms with Crippen molar-refractivity contribution in [3.8, 4) is 0 Å². The molecule has 10 nitrogen and oxygen atoms in total. The Morgan fingerprint density at radius 2 is 1.77 bits per heavy atom. The van der Waals surface area contributed by atoms with Crippen LogP contribution in [-0.4, -0.2) is 31.4 Å². The highest BCUT2D eigenvalue weighted by Gasteiger charge is 2.20. The van der Waals surface area contributed by atoms with Gasteiger partial charge in [0.1, 0.15) is 17.2 Å². The molecule has 0 unspecified atom stereocenters. The molecule has 0 atom stereocenters. The van der Waals surface area contributed by atoms with Gasteiger partial charge in [0.05, 0.1) is 11.7 Å². The van der Waals surface area contributed by atoms with Gasteiger partial charge in [-0.25, -0.2) is 23.1 Å². The van der Waals surface area contributed by atoms with Gasteiger partial charge in [-0.2, -0.15) is 5.10 Å². The molecule has 0 radical (unpaired) electrons. The molecule has 0 aliphatic heterocycles. The van der Waals surface area contributed by atoms with Crippen LogP contribution < -0.4 is 16.4 Å². The van der Waals surface area contributed by atoms with Gasteiger partial charge in [0, 0.05) is 19.2 Å². The van der Waals surface area contributed by atoms with Crippen molar-refractivity contribution in [3.63, 3.8) is 0 Å². The van der Waals surface area contributed by atoms with E-state index in [2.05, 4.69) is 25.7 Å². The zero-order valence-corrected chi connectivity index (χ0v) is 17.8. The number of fused-ring (bicyclic) bond motifs is 2. The van der Waals surface area contributed by atoms with Crippen LogP contribution in [0.15, 0.2) is 63.9 Å². The first-order chi connectivity index (χ1) is 16.9. The molecule has 0 aliphatic rings. The molecule has 3 aromatic heterocycles. The monoisotopic (exact) mass is 478 g/mol. The van der Waals surface area contributed by atoms with Gasteiger partial charge in [-0.15, -0.1) is 0 Å². The number of rotatable bonds is 6. The summed E-state index contributed by atoms with van der Waals surface area (Å²) in [5, 5.41) is 9.07. The molecule has 0 aliphatic carbocycles. The number of halogens is 2. The van der Waals surface area contributed by atoms with Crippen LogP contribution >= 0.6 is 0 Å². The lowest BCUT2D eigenvalue weighted by atomic mass is 10.2. The van der Waals surface area contributed by atoms with Crippen molar-refractivity contribution in [3.05, 3.63) is 99.4 Å². The topological polar surface area (TPSA) is 134 Å². The molecule has 12 heteroatoms. The van der Waals surface area contributed by atoms with Crippen molar-refractivity contribution in [2.75, 3.05) is 0 Å². The summed E-state index contributed by atoms with van der Waals surface area (Å²) >= 11 is 0. The predicted octanol–water partition coefficient (Wildman–Crippen LogP) is 2.30. The van der Waals surface area contributed by atoms with E-state index < -0.39 is 29.2 Å². The quantitative estimate of drug-likeness (QED) is 0.343. The highest BCUT2D eigenvalue weighted by Crippen LogP contribution is 2.14. The number of carbonyl (C=O) groups is 2. The minimum Gasteiger partial charge on any atom is -0.408 e. The number of H-pyrrole nitrogens is 1. The Kier molecular flexibility index (Phi) is 5.53. The van der Waals surface area contributed by atoms with Crippen LogP contribution in [0.3, 0.4) is 0 Å². The van der Waals surface area contributed by atoms with Crippen LogP contribution in [0.5, 0.6) is 0 Å². The number of nitrogens with zero attached hydrogens (tertiary/aromatic N) is 3. The SMILES string of the molecule is O=C(NCc1ccc2oc(=O)[nH]c2c1)c1cc(C(=O)NCc2cccc(F)c2)n2ncc(F)c2n1. The van der Waals surface area contributed by atoms with Crippen molar-refractivity contribution in [2.45, 2.75) is 13.1 Å². The molecule has 2 aromatic carbocycles. The smallest absolute Gasteiger partial charge is 0.408 e. The fourth-order valence-corrected chi connectivity index (χ4v) is 3.52. The fraction of sp³-hybridized carbons (Fsp3) is 0.0870. The normalized spacial score (nSPS) is 11.1. The van der Waals surface area contributed by atoms with Gasteiger partial charge in [0.15, 0.2) is 17.0 Å². The van der Waals surface area contributed by atoms with E-state index >= 15 is 0 Å². The number of hydrogen-bond donors (Lipinski definition) is 3. The number of aromatic amines is 1. The molecule has 3 N–H and O–H groups in total. The van der Waals surface area contributed by atoms with E-state index in [1.807, 2.05) is 0 Å². The molecule has 5 aromatic rings. The number of aromatic nitrogens is 4. The lowest BCUT2D eigenvalue weighted by Crippen LogP contribution is -2.28. The van der Waals surface area contributed by atoms with Crippen LogP contribution in [0.4, 0.5) is 8.78 Å². The van der Waals surface area contributed by atoms with Crippen molar-refractivity contribution in [2.24, 2.45) is 0 Å². The number of nitrogens with one attached hydrogen (secondary N) is 3. The number of amides is 2. The summed E-state index contributed by atoms with van der Waals surface area (Å²) in [6.45, 7) is 0.0714. The van der Waals surface area contributed by atoms with E-state index in [1.54, 1.807) is 24.3 Å². The van der Waals surface area contributed by atoms with Crippen LogP contribution in [0.25, 0.3) is 16.7 Å². The fourth-order valence-electron chi connectivity index (χ4n) is 3.52. The Bertz CT molecular complexity index is 1660. The molecule has 0 spiro atoms. The second-order valence-electron chi connectivity index (χ2n) is 7.59. The van der Waals surface area contributed by atoms with Crippen molar-refractivity contribution < 1.29 is 22.8 Å². The molecular weight excluding hydrogens is 462 g/mol. The summed E-state index contributed by atoms with van der Waals surface area (Å²) in [6, 6.07) is 11.8. The summed E-state index contributed by atoms with van der Waals surface area (Å²) in [4.78, 5) is 43.4. The van der Waals surface area contributed by atoms with Gasteiger partial charge in [0.25, 0.3) is 11.8 Å². The molecule has 176 valence electrons. The lowest BCUT2D eigenvalue weighted by molar-refractivity contribution is 0.0942. The number of oxazole rings is 1. The van der Waals surface area contributed by atoms with Gasteiger partial charge in [-0.1, -0.05) is 18.2 Å². The molecular formula is C23H16F2N6O4. The van der Waals surface area contributed by atoms with Crippen LogP contribution in [0, 0.1) is 11.6 Å². The second-order valence-corrected chi connectivity index (χ2v) is 7.59. The molecule has 0 saturated heterocycles. The molecule has 2 amide bonds. The average molecular weight is 478 g/mol. The summed E-state index contributed by atoms with van der Waals surface area (Å²) in [5.74, 6) is -3.17. The average Bonchev–Trinajstić information content (AvgIpc) is 3.41. The largest absolute Gasteiger partial charge is 0.417 e. The van der Waals surface area contributed by atoms with Crippen LogP contribution in [0.1, 0.15) is 32.1 Å². The summed E-state index contributed by atoms with van der Waals surface area (Å²) < 4.78 is 33.6. The van der Waals surface area contributed by atoms with Crippen LogP contribution in [0.2, 0.25) is 0 Å². The zero-order valence-electron chi connectivity index (χ0n) is 17.8. The Labute approximate surface area is 194 Å². The first-order valence-corrected chi connectivity index (χ1v) is 10.3. The first kappa shape index (κ1) is 21.9. The Morgan fingerprint density at radius 3 is 2.57 bits per heavy atom. The second kappa shape index (κ2) is 8.82. The van der Waals surface area contributed by atoms with Gasteiger partial charge in [-0.05, 0) is 35.4 Å². The maximum absolute atomic E-state index is 14.2. The van der Waals surface area contributed by atoms with Crippen LogP contribution in [-0.2, 0) is 13.1 Å². The predicted molar refractivity (Wildman–Crippen MR) is 119 cm³/mol. The van der Waals surface area contributed by atoms with Gasteiger partial charge < -0.3 is 15.1 Å². The molecule has 0 saturated carbocycles. The third-order valence-corrected chi connectivity index (χ3v) is 5.17. The number of hydrogen-bond acceptors (Lipinski definition) is 6. The van der Waals surface area contributed by atoms with E-state index in [1.165, 1.54) is 24.3 Å². The Hall–Kier alpha value is -4.87. The molecule has 0 bridgehead atoms. The Balaban J connectivity index is 1.37. The zero-order chi connectivity index (χ0) is 24.5. The van der Waals surface area contributed by atoms with Crippen molar-refractivity contribution in [1.82, 2.24) is 30.2 Å². The summed E-state index contributed by atoms with van der Waals surface area (Å²) in [6.07, 6.45) is 0.883. The molecule has 0 fully saturated rings. The van der Waals surface area contributed by atoms with Gasteiger partial charge in [-0.3, -0.25) is 14.6 Å². The third-order valence-electron chi connectivity index (χ3n) is 5.17. The number of carbonyl (C=O) groups excluding carboxylic acids is 2. The van der Waals surface area contributed by atoms with Gasteiger partial charge >= 0.3 is 5.76 Å². The van der Waals surface area contributed by atoms with E-state index in [9.17, 15) is 23.2 Å². The molecule has 3 heterocycles. The summed E-state index contributed by atoms with van der Waals surface area (Å²) in [7, 11) is 0. The highest BCUT2D eigenvalue weighted by molar-refractivity contribution is 5.98. The minimum atomic E-state index is -0.812. The minimum absolute atomic E-state index is 0.00424. The van der Waals surface area contributed by atoms with Gasteiger partial charge in [0.2, 0.25) is 0 Å². The van der Waals surface area contributed by atoms with Crippen molar-refractivity contribution in [1.29, 1.82) is 0 Å². The maximum Gasteiger partial charge on any atom is 0.417 e. The first-order valence-electron chi connectivity index (χ1n) is 10.3. The standard InChI is InChI=1S/C23H16F2N6O4/c24-14-3-1-2-12(6-14)9-27-22(33)18-8-17(29-20-15(25)11-28-31(18)20)21(32)26-10-13-4-5-19-16(7-13)30-23(34)35-19/h1-8,11H,9-10H2,(H,26,32)(H,27,33)(H,30,34). The van der Waals surface area contributed by atoms with Crippen molar-refractivity contribution >= 4 is 28.6 Å². The summed E-state index contributed by atoms with van der Waals surface area (Å²) in [5.41, 5.74) is 1.40. The Morgan fingerprint density at radius 1 is 1.00 bits per heavy atom.